The molecule has 6 rings (SSSR count). The van der Waals surface area contributed by atoms with Crippen molar-refractivity contribution in [2.75, 3.05) is 19.6 Å². The van der Waals surface area contributed by atoms with Gasteiger partial charge in [0.15, 0.2) is 0 Å². The third kappa shape index (κ3) is 2.34. The van der Waals surface area contributed by atoms with Crippen LogP contribution in [-0.2, 0) is 0 Å². The van der Waals surface area contributed by atoms with E-state index in [0.29, 0.717) is 17.9 Å². The van der Waals surface area contributed by atoms with Crippen LogP contribution in [0.3, 0.4) is 0 Å². The van der Waals surface area contributed by atoms with E-state index in [1.54, 1.807) is 6.20 Å². The van der Waals surface area contributed by atoms with Crippen molar-refractivity contribution in [3.05, 3.63) is 30.0 Å². The average molecular weight is 333 g/mol. The number of carbonyl (C=O) groups is 1. The second-order valence-electron chi connectivity index (χ2n) is 7.21. The molecular weight excluding hydrogens is 312 g/mol. The number of rotatable bonds is 2. The number of carbonyl (C=O) groups excluding carboxylic acids is 1. The van der Waals surface area contributed by atoms with Crippen molar-refractivity contribution in [3.8, 4) is 0 Å². The molecule has 2 N–H and O–H groups in total. The number of H-pyrrole nitrogens is 1. The first-order valence-corrected chi connectivity index (χ1v) is 8.23. The lowest BCUT2D eigenvalue weighted by molar-refractivity contribution is -0.0418. The third-order valence-corrected chi connectivity index (χ3v) is 5.82. The Balaban J connectivity index is 0.00000135. The highest BCUT2D eigenvalue weighted by atomic mass is 35.5. The topological polar surface area (TPSA) is 61.0 Å². The first-order valence-electron chi connectivity index (χ1n) is 8.23. The fourth-order valence-electron chi connectivity index (χ4n) is 5.04. The molecule has 122 valence electrons. The predicted octanol–water partition coefficient (Wildman–Crippen LogP) is 2.05. The molecule has 4 heterocycles. The lowest BCUT2D eigenvalue weighted by Gasteiger charge is -2.55. The molecule has 6 heteroatoms. The zero-order chi connectivity index (χ0) is 14.7. The number of amides is 1. The van der Waals surface area contributed by atoms with Gasteiger partial charge in [0.05, 0.1) is 17.3 Å². The van der Waals surface area contributed by atoms with Crippen LogP contribution in [0.25, 0.3) is 10.9 Å². The summed E-state index contributed by atoms with van der Waals surface area (Å²) < 4.78 is 0. The summed E-state index contributed by atoms with van der Waals surface area (Å²) in [6.07, 6.45) is 4.31. The van der Waals surface area contributed by atoms with E-state index in [9.17, 15) is 4.79 Å². The molecule has 5 nitrogen and oxygen atoms in total. The van der Waals surface area contributed by atoms with Crippen LogP contribution < -0.4 is 5.32 Å². The highest BCUT2D eigenvalue weighted by molar-refractivity contribution is 6.06. The molecule has 3 saturated heterocycles. The van der Waals surface area contributed by atoms with Gasteiger partial charge in [0.25, 0.3) is 5.91 Å². The Kier molecular flexibility index (Phi) is 3.58. The van der Waals surface area contributed by atoms with Crippen molar-refractivity contribution in [3.63, 3.8) is 0 Å². The number of nitrogens with zero attached hydrogens (tertiary/aromatic N) is 2. The van der Waals surface area contributed by atoms with Crippen LogP contribution in [0.2, 0.25) is 0 Å². The maximum absolute atomic E-state index is 12.8. The lowest BCUT2D eigenvalue weighted by atomic mass is 9.65. The summed E-state index contributed by atoms with van der Waals surface area (Å²) >= 11 is 0. The number of hydrogen-bond acceptors (Lipinski definition) is 3. The number of aromatic amines is 1. The van der Waals surface area contributed by atoms with E-state index in [1.165, 1.54) is 19.4 Å². The standard InChI is InChI=1S/C17H20N4O.ClH/c22-17(13-2-1-3-15-14(13)6-18-20-15)19-16-11-4-10-5-12(16)9-21(7-10)8-11;/h1-3,6,10-12,16H,4-5,7-9H2,(H,18,20)(H,19,22);1H. The van der Waals surface area contributed by atoms with Gasteiger partial charge in [-0.25, -0.2) is 0 Å². The molecule has 1 saturated carbocycles. The second-order valence-corrected chi connectivity index (χ2v) is 7.21. The van der Waals surface area contributed by atoms with E-state index in [-0.39, 0.29) is 18.3 Å². The Morgan fingerprint density at radius 3 is 2.74 bits per heavy atom. The molecule has 1 aromatic carbocycles. The average Bonchev–Trinajstić information content (AvgIpc) is 2.98. The first kappa shape index (κ1) is 15.0. The minimum atomic E-state index is 0. The van der Waals surface area contributed by atoms with Gasteiger partial charge in [0.2, 0.25) is 0 Å². The fourth-order valence-corrected chi connectivity index (χ4v) is 5.04. The number of nitrogens with one attached hydrogen (secondary N) is 2. The maximum atomic E-state index is 12.8. The largest absolute Gasteiger partial charge is 0.349 e. The van der Waals surface area contributed by atoms with E-state index in [1.807, 2.05) is 18.2 Å². The van der Waals surface area contributed by atoms with Crippen molar-refractivity contribution in [2.24, 2.45) is 17.8 Å². The Bertz CT molecular complexity index is 715. The molecule has 0 spiro atoms. The van der Waals surface area contributed by atoms with Gasteiger partial charge in [-0.3, -0.25) is 9.89 Å². The van der Waals surface area contributed by atoms with Gasteiger partial charge in [0.1, 0.15) is 0 Å². The van der Waals surface area contributed by atoms with E-state index < -0.39 is 0 Å². The zero-order valence-corrected chi connectivity index (χ0v) is 13.7. The first-order chi connectivity index (χ1) is 10.8. The molecule has 23 heavy (non-hydrogen) atoms. The zero-order valence-electron chi connectivity index (χ0n) is 12.9. The summed E-state index contributed by atoms with van der Waals surface area (Å²) in [6.45, 7) is 3.60. The van der Waals surface area contributed by atoms with Gasteiger partial charge in [-0.15, -0.1) is 12.4 Å². The molecular formula is C17H21ClN4O. The molecule has 1 aliphatic carbocycles. The Hall–Kier alpha value is -1.59. The molecule has 0 radical (unpaired) electrons. The van der Waals surface area contributed by atoms with Gasteiger partial charge in [0, 0.05) is 31.1 Å². The minimum Gasteiger partial charge on any atom is -0.349 e. The summed E-state index contributed by atoms with van der Waals surface area (Å²) in [5, 5.41) is 11.2. The molecule has 2 unspecified atom stereocenters. The van der Waals surface area contributed by atoms with Crippen LogP contribution in [0.4, 0.5) is 0 Å². The van der Waals surface area contributed by atoms with Gasteiger partial charge >= 0.3 is 0 Å². The summed E-state index contributed by atoms with van der Waals surface area (Å²) in [5.41, 5.74) is 1.66. The normalized spacial score (nSPS) is 34.3. The van der Waals surface area contributed by atoms with Gasteiger partial charge in [-0.2, -0.15) is 5.10 Å². The molecule has 4 fully saturated rings. The Morgan fingerprint density at radius 2 is 2.00 bits per heavy atom. The van der Waals surface area contributed by atoms with Crippen molar-refractivity contribution < 1.29 is 4.79 Å². The fraction of sp³-hybridized carbons (Fsp3) is 0.529. The van der Waals surface area contributed by atoms with Crippen molar-refractivity contribution in [2.45, 2.75) is 18.9 Å². The van der Waals surface area contributed by atoms with E-state index in [0.717, 1.165) is 35.5 Å². The Labute approximate surface area is 141 Å². The monoisotopic (exact) mass is 332 g/mol. The number of hydrogen-bond donors (Lipinski definition) is 2. The van der Waals surface area contributed by atoms with Gasteiger partial charge in [-0.1, -0.05) is 6.07 Å². The highest BCUT2D eigenvalue weighted by Gasteiger charge is 2.47. The maximum Gasteiger partial charge on any atom is 0.252 e. The SMILES string of the molecule is Cl.O=C(NC1C2CC3CC1CN(C3)C2)c1cccc2[nH]ncc12. The van der Waals surface area contributed by atoms with Crippen molar-refractivity contribution in [1.29, 1.82) is 0 Å². The lowest BCUT2D eigenvalue weighted by Crippen LogP contribution is -2.64. The summed E-state index contributed by atoms with van der Waals surface area (Å²) in [4.78, 5) is 15.4. The van der Waals surface area contributed by atoms with Gasteiger partial charge in [-0.05, 0) is 42.7 Å². The molecule has 4 bridgehead atoms. The molecule has 2 atom stereocenters. The number of benzene rings is 1. The molecule has 4 aliphatic rings. The highest BCUT2D eigenvalue weighted by Crippen LogP contribution is 2.43. The van der Waals surface area contributed by atoms with Crippen LogP contribution in [0.5, 0.6) is 0 Å². The Morgan fingerprint density at radius 1 is 1.22 bits per heavy atom. The van der Waals surface area contributed by atoms with Gasteiger partial charge < -0.3 is 10.2 Å². The quantitative estimate of drug-likeness (QED) is 0.885. The molecule has 2 aromatic rings. The number of halogens is 1. The number of piperidine rings is 3. The smallest absolute Gasteiger partial charge is 0.252 e. The third-order valence-electron chi connectivity index (χ3n) is 5.82. The molecule has 1 amide bonds. The van der Waals surface area contributed by atoms with E-state index in [2.05, 4.69) is 20.4 Å². The van der Waals surface area contributed by atoms with E-state index in [4.69, 9.17) is 0 Å². The number of fused-ring (bicyclic) bond motifs is 1. The van der Waals surface area contributed by atoms with Crippen molar-refractivity contribution in [1.82, 2.24) is 20.4 Å². The van der Waals surface area contributed by atoms with E-state index >= 15 is 0 Å². The van der Waals surface area contributed by atoms with Crippen LogP contribution in [-0.4, -0.2) is 46.7 Å². The van der Waals surface area contributed by atoms with Crippen LogP contribution in [0, 0.1) is 17.8 Å². The predicted molar refractivity (Wildman–Crippen MR) is 90.7 cm³/mol. The van der Waals surface area contributed by atoms with Crippen LogP contribution in [0.15, 0.2) is 24.4 Å². The molecule has 3 aliphatic heterocycles. The molecule has 1 aromatic heterocycles. The minimum absolute atomic E-state index is 0. The number of aromatic nitrogens is 2. The van der Waals surface area contributed by atoms with Crippen molar-refractivity contribution >= 4 is 29.2 Å². The summed E-state index contributed by atoms with van der Waals surface area (Å²) in [5.74, 6) is 2.19. The van der Waals surface area contributed by atoms with Crippen LogP contribution >= 0.6 is 12.4 Å². The second kappa shape index (κ2) is 5.49. The van der Waals surface area contributed by atoms with Crippen LogP contribution in [0.1, 0.15) is 23.2 Å². The summed E-state index contributed by atoms with van der Waals surface area (Å²) in [7, 11) is 0. The summed E-state index contributed by atoms with van der Waals surface area (Å²) in [6, 6.07) is 6.11.